The van der Waals surface area contributed by atoms with Gasteiger partial charge in [-0.15, -0.1) is 11.8 Å². The van der Waals surface area contributed by atoms with Gasteiger partial charge in [-0.1, -0.05) is 32.9 Å². The van der Waals surface area contributed by atoms with E-state index in [1.165, 1.54) is 25.3 Å². The number of anilines is 1. The first kappa shape index (κ1) is 25.9. The Morgan fingerprint density at radius 3 is 2.42 bits per heavy atom. The van der Waals surface area contributed by atoms with Crippen molar-refractivity contribution in [2.24, 2.45) is 5.41 Å². The van der Waals surface area contributed by atoms with Gasteiger partial charge in [0.1, 0.15) is 11.4 Å². The predicted molar refractivity (Wildman–Crippen MR) is 125 cm³/mol. The lowest BCUT2D eigenvalue weighted by Gasteiger charge is -2.17. The number of amides is 1. The van der Waals surface area contributed by atoms with Gasteiger partial charge in [-0.05, 0) is 31.2 Å². The average Bonchev–Trinajstić information content (AvgIpc) is 2.76. The van der Waals surface area contributed by atoms with Crippen LogP contribution in [0.25, 0.3) is 0 Å². The molecule has 33 heavy (non-hydrogen) atoms. The molecule has 0 radical (unpaired) electrons. The van der Waals surface area contributed by atoms with Gasteiger partial charge in [-0.3, -0.25) is 19.7 Å². The Morgan fingerprint density at radius 1 is 1.15 bits per heavy atom. The molecular formula is C23H26N2O7S. The fourth-order valence-corrected chi connectivity index (χ4v) is 3.52. The molecule has 0 spiro atoms. The Labute approximate surface area is 196 Å². The molecule has 0 aliphatic carbocycles. The second-order valence-electron chi connectivity index (χ2n) is 8.13. The molecule has 10 heteroatoms. The van der Waals surface area contributed by atoms with Crippen molar-refractivity contribution < 1.29 is 28.8 Å². The van der Waals surface area contributed by atoms with Crippen molar-refractivity contribution in [3.8, 4) is 5.75 Å². The average molecular weight is 475 g/mol. The van der Waals surface area contributed by atoms with Gasteiger partial charge < -0.3 is 14.8 Å². The summed E-state index contributed by atoms with van der Waals surface area (Å²) >= 11 is 1.10. The van der Waals surface area contributed by atoms with E-state index >= 15 is 0 Å². The molecule has 1 unspecified atom stereocenters. The number of hydrogen-bond acceptors (Lipinski definition) is 8. The number of nitro groups is 1. The molecule has 0 heterocycles. The second-order valence-corrected chi connectivity index (χ2v) is 9.52. The van der Waals surface area contributed by atoms with Gasteiger partial charge in [0.15, 0.2) is 12.4 Å². The Balaban J connectivity index is 2.12. The first-order valence-corrected chi connectivity index (χ1v) is 10.9. The molecule has 1 N–H and O–H groups in total. The number of nitrogens with one attached hydrogen (secondary N) is 1. The minimum absolute atomic E-state index is 0.0339. The van der Waals surface area contributed by atoms with Gasteiger partial charge >= 0.3 is 5.97 Å². The number of carbonyl (C=O) groups is 3. The third kappa shape index (κ3) is 7.04. The molecule has 0 saturated carbocycles. The zero-order chi connectivity index (χ0) is 24.8. The molecule has 2 aromatic carbocycles. The number of nitro benzene ring substituents is 1. The first-order chi connectivity index (χ1) is 15.4. The van der Waals surface area contributed by atoms with Crippen molar-refractivity contribution in [1.82, 2.24) is 0 Å². The van der Waals surface area contributed by atoms with Crippen LogP contribution in [-0.4, -0.2) is 41.5 Å². The normalized spacial score (nSPS) is 11.9. The highest BCUT2D eigenvalue weighted by Crippen LogP contribution is 2.32. The van der Waals surface area contributed by atoms with Crippen LogP contribution in [0.1, 0.15) is 38.1 Å². The largest absolute Gasteiger partial charge is 0.496 e. The van der Waals surface area contributed by atoms with Gasteiger partial charge in [0.2, 0.25) is 5.91 Å². The highest BCUT2D eigenvalue weighted by Gasteiger charge is 2.25. The smallest absolute Gasteiger partial charge is 0.339 e. The Hall–Kier alpha value is -3.40. The lowest BCUT2D eigenvalue weighted by atomic mass is 9.91. The summed E-state index contributed by atoms with van der Waals surface area (Å²) in [5, 5.41) is 13.2. The minimum Gasteiger partial charge on any atom is -0.496 e. The van der Waals surface area contributed by atoms with Crippen LogP contribution >= 0.6 is 11.8 Å². The Morgan fingerprint density at radius 2 is 1.82 bits per heavy atom. The molecule has 2 aromatic rings. The molecule has 2 rings (SSSR count). The van der Waals surface area contributed by atoms with Crippen molar-refractivity contribution in [2.45, 2.75) is 37.8 Å². The molecule has 0 aliphatic heterocycles. The van der Waals surface area contributed by atoms with Gasteiger partial charge in [0, 0.05) is 10.3 Å². The summed E-state index contributed by atoms with van der Waals surface area (Å²) in [4.78, 5) is 48.5. The maximum absolute atomic E-state index is 12.7. The van der Waals surface area contributed by atoms with Crippen LogP contribution in [0.15, 0.2) is 47.4 Å². The van der Waals surface area contributed by atoms with Crippen LogP contribution in [-0.2, 0) is 14.3 Å². The molecule has 1 atom stereocenters. The number of methoxy groups -OCH3 is 1. The fraction of sp³-hybridized carbons (Fsp3) is 0.348. The van der Waals surface area contributed by atoms with Gasteiger partial charge in [-0.25, -0.2) is 4.79 Å². The number of rotatable bonds is 9. The van der Waals surface area contributed by atoms with Crippen molar-refractivity contribution in [3.63, 3.8) is 0 Å². The van der Waals surface area contributed by atoms with E-state index in [0.29, 0.717) is 10.6 Å². The Kier molecular flexibility index (Phi) is 8.58. The van der Waals surface area contributed by atoms with E-state index in [-0.39, 0.29) is 29.3 Å². The predicted octanol–water partition coefficient (Wildman–Crippen LogP) is 4.49. The zero-order valence-electron chi connectivity index (χ0n) is 19.0. The van der Waals surface area contributed by atoms with E-state index in [1.807, 2.05) is 0 Å². The highest BCUT2D eigenvalue weighted by atomic mass is 32.2. The molecule has 176 valence electrons. The Bertz CT molecular complexity index is 1060. The zero-order valence-corrected chi connectivity index (χ0v) is 19.9. The highest BCUT2D eigenvalue weighted by molar-refractivity contribution is 8.00. The van der Waals surface area contributed by atoms with Crippen LogP contribution < -0.4 is 10.1 Å². The number of ketones is 1. The minimum atomic E-state index is -0.697. The lowest BCUT2D eigenvalue weighted by molar-refractivity contribution is -0.384. The van der Waals surface area contributed by atoms with Crippen molar-refractivity contribution in [1.29, 1.82) is 0 Å². The quantitative estimate of drug-likeness (QED) is 0.244. The van der Waals surface area contributed by atoms with Crippen LogP contribution in [0.2, 0.25) is 0 Å². The molecule has 9 nitrogen and oxygen atoms in total. The standard InChI is InChI=1S/C23H26N2O7S/c1-14(21(27)24-17-11-10-15(31-5)12-18(17)25(29)30)33-19-9-7-6-8-16(19)22(28)32-13-20(26)23(2,3)4/h6-12,14H,13H2,1-5H3,(H,24,27). The molecule has 0 saturated heterocycles. The fourth-order valence-electron chi connectivity index (χ4n) is 2.54. The van der Waals surface area contributed by atoms with Gasteiger partial charge in [-0.2, -0.15) is 0 Å². The molecule has 0 fully saturated rings. The number of benzene rings is 2. The van der Waals surface area contributed by atoms with Gasteiger partial charge in [0.25, 0.3) is 5.69 Å². The summed E-state index contributed by atoms with van der Waals surface area (Å²) < 4.78 is 10.2. The number of esters is 1. The summed E-state index contributed by atoms with van der Waals surface area (Å²) in [5.74, 6) is -1.08. The van der Waals surface area contributed by atoms with Crippen LogP contribution in [0.3, 0.4) is 0 Å². The summed E-state index contributed by atoms with van der Waals surface area (Å²) in [6, 6.07) is 10.7. The summed E-state index contributed by atoms with van der Waals surface area (Å²) in [6.45, 7) is 6.47. The number of carbonyl (C=O) groups excluding carboxylic acids is 3. The SMILES string of the molecule is COc1ccc(NC(=O)C(C)Sc2ccccc2C(=O)OCC(=O)C(C)(C)C)c([N+](=O)[O-])c1. The monoisotopic (exact) mass is 474 g/mol. The first-order valence-electron chi connectivity index (χ1n) is 10.0. The summed E-state index contributed by atoms with van der Waals surface area (Å²) in [6.07, 6.45) is 0. The number of Topliss-reactive ketones (excluding diaryl/α,β-unsaturated/α-hetero) is 1. The van der Waals surface area contributed by atoms with E-state index in [4.69, 9.17) is 9.47 Å². The number of nitrogens with zero attached hydrogens (tertiary/aromatic N) is 1. The third-order valence-corrected chi connectivity index (χ3v) is 5.79. The van der Waals surface area contributed by atoms with Crippen molar-refractivity contribution >= 4 is 40.8 Å². The lowest BCUT2D eigenvalue weighted by Crippen LogP contribution is -2.26. The molecular weight excluding hydrogens is 448 g/mol. The van der Waals surface area contributed by atoms with E-state index in [2.05, 4.69) is 5.32 Å². The van der Waals surface area contributed by atoms with Crippen LogP contribution in [0.4, 0.5) is 11.4 Å². The van der Waals surface area contributed by atoms with E-state index in [9.17, 15) is 24.5 Å². The van der Waals surface area contributed by atoms with E-state index < -0.39 is 27.5 Å². The molecule has 0 bridgehead atoms. The number of ether oxygens (including phenoxy) is 2. The van der Waals surface area contributed by atoms with Crippen LogP contribution in [0, 0.1) is 15.5 Å². The maximum atomic E-state index is 12.7. The topological polar surface area (TPSA) is 125 Å². The molecule has 1 amide bonds. The van der Waals surface area contributed by atoms with Crippen LogP contribution in [0.5, 0.6) is 5.75 Å². The second kappa shape index (κ2) is 11.0. The maximum Gasteiger partial charge on any atom is 0.339 e. The van der Waals surface area contributed by atoms with E-state index in [0.717, 1.165) is 11.8 Å². The molecule has 0 aromatic heterocycles. The summed E-state index contributed by atoms with van der Waals surface area (Å²) in [5.41, 5.74) is -0.677. The summed E-state index contributed by atoms with van der Waals surface area (Å²) in [7, 11) is 1.39. The van der Waals surface area contributed by atoms with Crippen molar-refractivity contribution in [3.05, 3.63) is 58.1 Å². The molecule has 0 aliphatic rings. The van der Waals surface area contributed by atoms with Crippen molar-refractivity contribution in [2.75, 3.05) is 19.0 Å². The van der Waals surface area contributed by atoms with Gasteiger partial charge in [0.05, 0.1) is 28.9 Å². The van der Waals surface area contributed by atoms with E-state index in [1.54, 1.807) is 52.0 Å². The number of thioether (sulfide) groups is 1. The number of hydrogen-bond donors (Lipinski definition) is 1. The third-order valence-electron chi connectivity index (χ3n) is 4.61.